The third-order valence-corrected chi connectivity index (χ3v) is 9.90. The van der Waals surface area contributed by atoms with Gasteiger partial charge in [-0.05, 0) is 79.8 Å². The highest BCUT2D eigenvalue weighted by Gasteiger charge is 2.35. The van der Waals surface area contributed by atoms with E-state index < -0.39 is 28.5 Å². The minimum Gasteiger partial charge on any atom is -0.497 e. The number of aryl methyl sites for hydroxylation is 1. The standard InChI is InChI=1S/C33H40ClN3O5S/c1-4-30(33(39)35-27-11-7-5-8-12-27)36(22-25-15-18-28(42-3)19-16-25)32(38)23-37(31-20-17-26(34)21-24(31)2)43(40,41)29-13-9-6-10-14-29/h6,9-10,13-21,27,30H,4-5,7-8,11-12,22-23H2,1-3H3,(H,35,39). The molecule has 0 heterocycles. The number of benzene rings is 3. The second-order valence-electron chi connectivity index (χ2n) is 10.9. The van der Waals surface area contributed by atoms with Crippen molar-refractivity contribution in [2.75, 3.05) is 18.0 Å². The molecule has 0 aliphatic heterocycles. The first-order valence-corrected chi connectivity index (χ1v) is 16.5. The predicted octanol–water partition coefficient (Wildman–Crippen LogP) is 6.11. The average Bonchev–Trinajstić information content (AvgIpc) is 3.01. The van der Waals surface area contributed by atoms with Gasteiger partial charge in [0.2, 0.25) is 11.8 Å². The van der Waals surface area contributed by atoms with E-state index in [4.69, 9.17) is 16.3 Å². The first kappa shape index (κ1) is 32.4. The van der Waals surface area contributed by atoms with Crippen molar-refractivity contribution < 1.29 is 22.7 Å². The van der Waals surface area contributed by atoms with Gasteiger partial charge >= 0.3 is 0 Å². The Kier molecular flexibility index (Phi) is 11.1. The zero-order valence-electron chi connectivity index (χ0n) is 25.0. The van der Waals surface area contributed by atoms with Crippen LogP contribution >= 0.6 is 11.6 Å². The molecule has 0 saturated heterocycles. The molecule has 0 radical (unpaired) electrons. The summed E-state index contributed by atoms with van der Waals surface area (Å²) in [5.74, 6) is -0.0474. The smallest absolute Gasteiger partial charge is 0.264 e. The molecule has 0 spiro atoms. The van der Waals surface area contributed by atoms with Crippen LogP contribution in [0, 0.1) is 6.92 Å². The molecule has 1 unspecified atom stereocenters. The number of anilines is 1. The Bertz CT molecular complexity index is 1490. The largest absolute Gasteiger partial charge is 0.497 e. The molecule has 43 heavy (non-hydrogen) atoms. The quantitative estimate of drug-likeness (QED) is 0.262. The summed E-state index contributed by atoms with van der Waals surface area (Å²) in [7, 11) is -2.57. The van der Waals surface area contributed by atoms with Crippen LogP contribution in [-0.4, -0.2) is 50.9 Å². The van der Waals surface area contributed by atoms with Crippen molar-refractivity contribution in [2.24, 2.45) is 0 Å². The summed E-state index contributed by atoms with van der Waals surface area (Å²) in [5.41, 5.74) is 1.73. The molecular formula is C33H40ClN3O5S. The summed E-state index contributed by atoms with van der Waals surface area (Å²) in [6.45, 7) is 3.24. The Morgan fingerprint density at radius 1 is 1.00 bits per heavy atom. The minimum atomic E-state index is -4.15. The van der Waals surface area contributed by atoms with Crippen LogP contribution in [0.4, 0.5) is 5.69 Å². The van der Waals surface area contributed by atoms with Crippen LogP contribution in [0.1, 0.15) is 56.6 Å². The minimum absolute atomic E-state index is 0.0564. The Morgan fingerprint density at radius 2 is 1.67 bits per heavy atom. The highest BCUT2D eigenvalue weighted by atomic mass is 35.5. The molecule has 4 rings (SSSR count). The number of carbonyl (C=O) groups excluding carboxylic acids is 2. The molecule has 0 bridgehead atoms. The van der Waals surface area contributed by atoms with Crippen molar-refractivity contribution in [3.63, 3.8) is 0 Å². The number of methoxy groups -OCH3 is 1. The second kappa shape index (κ2) is 14.8. The Balaban J connectivity index is 1.72. The number of hydrogen-bond donors (Lipinski definition) is 1. The molecule has 230 valence electrons. The SMILES string of the molecule is CCC(C(=O)NC1CCCCC1)N(Cc1ccc(OC)cc1)C(=O)CN(c1ccc(Cl)cc1C)S(=O)(=O)c1ccccc1. The molecule has 1 saturated carbocycles. The van der Waals surface area contributed by atoms with E-state index in [1.54, 1.807) is 62.6 Å². The van der Waals surface area contributed by atoms with Crippen LogP contribution in [0.5, 0.6) is 5.75 Å². The van der Waals surface area contributed by atoms with E-state index in [2.05, 4.69) is 5.32 Å². The van der Waals surface area contributed by atoms with E-state index in [1.807, 2.05) is 19.1 Å². The molecule has 1 N–H and O–H groups in total. The first-order chi connectivity index (χ1) is 20.6. The zero-order chi connectivity index (χ0) is 31.0. The molecular weight excluding hydrogens is 586 g/mol. The van der Waals surface area contributed by atoms with Gasteiger partial charge in [-0.15, -0.1) is 0 Å². The van der Waals surface area contributed by atoms with Crippen LogP contribution in [0.3, 0.4) is 0 Å². The van der Waals surface area contributed by atoms with Crippen molar-refractivity contribution in [1.82, 2.24) is 10.2 Å². The van der Waals surface area contributed by atoms with Gasteiger partial charge in [0, 0.05) is 17.6 Å². The highest BCUT2D eigenvalue weighted by molar-refractivity contribution is 7.92. The Hall–Kier alpha value is -3.56. The number of ether oxygens (including phenoxy) is 1. The fourth-order valence-corrected chi connectivity index (χ4v) is 7.25. The second-order valence-corrected chi connectivity index (χ2v) is 13.2. The number of halogens is 1. The van der Waals surface area contributed by atoms with Gasteiger partial charge in [-0.3, -0.25) is 13.9 Å². The van der Waals surface area contributed by atoms with E-state index in [0.717, 1.165) is 42.0 Å². The van der Waals surface area contributed by atoms with E-state index in [1.165, 1.54) is 17.0 Å². The normalized spacial score (nSPS) is 14.5. The lowest BCUT2D eigenvalue weighted by atomic mass is 9.95. The van der Waals surface area contributed by atoms with E-state index >= 15 is 0 Å². The van der Waals surface area contributed by atoms with Crippen molar-refractivity contribution in [1.29, 1.82) is 0 Å². The van der Waals surface area contributed by atoms with Crippen molar-refractivity contribution >= 4 is 39.1 Å². The molecule has 3 aromatic rings. The van der Waals surface area contributed by atoms with Gasteiger partial charge < -0.3 is 15.0 Å². The summed E-state index contributed by atoms with van der Waals surface area (Å²) >= 11 is 6.20. The van der Waals surface area contributed by atoms with Gasteiger partial charge in [-0.1, -0.05) is 68.1 Å². The molecule has 2 amide bonds. The molecule has 10 heteroatoms. The lowest BCUT2D eigenvalue weighted by molar-refractivity contribution is -0.140. The van der Waals surface area contributed by atoms with Gasteiger partial charge in [0.1, 0.15) is 18.3 Å². The third kappa shape index (κ3) is 8.09. The number of nitrogens with one attached hydrogen (secondary N) is 1. The Morgan fingerprint density at radius 3 is 2.28 bits per heavy atom. The first-order valence-electron chi connectivity index (χ1n) is 14.7. The molecule has 0 aromatic heterocycles. The number of carbonyl (C=O) groups is 2. The lowest BCUT2D eigenvalue weighted by Gasteiger charge is -2.34. The molecule has 1 atom stereocenters. The molecule has 3 aromatic carbocycles. The molecule has 1 aliphatic carbocycles. The summed E-state index contributed by atoms with van der Waals surface area (Å²) in [4.78, 5) is 29.5. The van der Waals surface area contributed by atoms with Gasteiger partial charge in [0.25, 0.3) is 10.0 Å². The average molecular weight is 626 g/mol. The molecule has 8 nitrogen and oxygen atoms in total. The maximum absolute atomic E-state index is 14.3. The van der Waals surface area contributed by atoms with E-state index in [9.17, 15) is 18.0 Å². The lowest BCUT2D eigenvalue weighted by Crippen LogP contribution is -2.54. The maximum atomic E-state index is 14.3. The van der Waals surface area contributed by atoms with E-state index in [-0.39, 0.29) is 23.4 Å². The Labute approximate surface area is 260 Å². The van der Waals surface area contributed by atoms with Gasteiger partial charge in [0.15, 0.2) is 0 Å². The highest BCUT2D eigenvalue weighted by Crippen LogP contribution is 2.30. The number of sulfonamides is 1. The summed E-state index contributed by atoms with van der Waals surface area (Å²) in [5, 5.41) is 3.62. The van der Waals surface area contributed by atoms with Crippen LogP contribution in [0.25, 0.3) is 0 Å². The predicted molar refractivity (Wildman–Crippen MR) is 170 cm³/mol. The van der Waals surface area contributed by atoms with E-state index in [0.29, 0.717) is 28.4 Å². The van der Waals surface area contributed by atoms with Gasteiger partial charge in [-0.25, -0.2) is 8.42 Å². The van der Waals surface area contributed by atoms with Crippen molar-refractivity contribution in [3.05, 3.63) is 88.9 Å². The molecule has 1 fully saturated rings. The fraction of sp³-hybridized carbons (Fsp3) is 0.394. The van der Waals surface area contributed by atoms with Crippen LogP contribution in [0.2, 0.25) is 5.02 Å². The number of amides is 2. The van der Waals surface area contributed by atoms with Crippen LogP contribution in [-0.2, 0) is 26.2 Å². The van der Waals surface area contributed by atoms with Crippen molar-refractivity contribution in [3.8, 4) is 5.75 Å². The number of rotatable bonds is 12. The van der Waals surface area contributed by atoms with Gasteiger partial charge in [0.05, 0.1) is 17.7 Å². The summed E-state index contributed by atoms with van der Waals surface area (Å²) in [6.07, 6.45) is 5.46. The summed E-state index contributed by atoms with van der Waals surface area (Å²) in [6, 6.07) is 19.4. The topological polar surface area (TPSA) is 96.0 Å². The molecule has 1 aliphatic rings. The number of nitrogens with zero attached hydrogens (tertiary/aromatic N) is 2. The number of hydrogen-bond acceptors (Lipinski definition) is 5. The summed E-state index contributed by atoms with van der Waals surface area (Å²) < 4.78 is 34.4. The van der Waals surface area contributed by atoms with Crippen LogP contribution < -0.4 is 14.4 Å². The monoisotopic (exact) mass is 625 g/mol. The fourth-order valence-electron chi connectivity index (χ4n) is 5.52. The maximum Gasteiger partial charge on any atom is 0.264 e. The van der Waals surface area contributed by atoms with Crippen molar-refractivity contribution in [2.45, 2.75) is 75.9 Å². The van der Waals surface area contributed by atoms with Gasteiger partial charge in [-0.2, -0.15) is 0 Å². The zero-order valence-corrected chi connectivity index (χ0v) is 26.5. The van der Waals surface area contributed by atoms with Crippen LogP contribution in [0.15, 0.2) is 77.7 Å². The third-order valence-electron chi connectivity index (χ3n) is 7.89.